The van der Waals surface area contributed by atoms with Gasteiger partial charge in [-0.3, -0.25) is 14.9 Å². The molecule has 0 spiro atoms. The fourth-order valence-electron chi connectivity index (χ4n) is 2.20. The van der Waals surface area contributed by atoms with E-state index in [1.54, 1.807) is 54.6 Å². The van der Waals surface area contributed by atoms with Gasteiger partial charge in [-0.15, -0.1) is 0 Å². The summed E-state index contributed by atoms with van der Waals surface area (Å²) in [5.41, 5.74) is 1.92. The van der Waals surface area contributed by atoms with Gasteiger partial charge >= 0.3 is 0 Å². The minimum Gasteiger partial charge on any atom is -0.307 e. The first kappa shape index (κ1) is 15.4. The number of hydrogen-bond acceptors (Lipinski definition) is 4. The number of nitrogens with one attached hydrogen (secondary N) is 1. The van der Waals surface area contributed by atoms with Gasteiger partial charge in [0.05, 0.1) is 10.6 Å². The minimum absolute atomic E-state index is 0.0206. The number of amides is 1. The molecule has 0 radical (unpaired) electrons. The molecule has 0 saturated carbocycles. The second-order valence-corrected chi connectivity index (χ2v) is 5.03. The van der Waals surface area contributed by atoms with E-state index in [9.17, 15) is 14.9 Å². The second kappa shape index (κ2) is 6.70. The maximum atomic E-state index is 12.2. The van der Waals surface area contributed by atoms with E-state index >= 15 is 0 Å². The molecular formula is C18H13N3O3. The van der Waals surface area contributed by atoms with E-state index in [1.165, 1.54) is 12.1 Å². The fourth-order valence-corrected chi connectivity index (χ4v) is 2.20. The third-order valence-electron chi connectivity index (χ3n) is 3.40. The maximum Gasteiger partial charge on any atom is 0.269 e. The Hall–Kier alpha value is -3.54. The summed E-state index contributed by atoms with van der Waals surface area (Å²) in [5, 5.41) is 13.4. The third-order valence-corrected chi connectivity index (χ3v) is 3.40. The van der Waals surface area contributed by atoms with Crippen molar-refractivity contribution in [3.05, 3.63) is 88.5 Å². The molecule has 0 aliphatic carbocycles. The zero-order valence-corrected chi connectivity index (χ0v) is 12.5. The van der Waals surface area contributed by atoms with Gasteiger partial charge in [-0.2, -0.15) is 0 Å². The molecular weight excluding hydrogens is 306 g/mol. The zero-order valence-electron chi connectivity index (χ0n) is 12.5. The quantitative estimate of drug-likeness (QED) is 0.583. The summed E-state index contributed by atoms with van der Waals surface area (Å²) in [6, 6.07) is 20.2. The topological polar surface area (TPSA) is 85.1 Å². The zero-order chi connectivity index (χ0) is 16.9. The first-order valence-corrected chi connectivity index (χ1v) is 7.22. The van der Waals surface area contributed by atoms with Gasteiger partial charge in [0.15, 0.2) is 0 Å². The molecule has 0 unspecified atom stereocenters. The van der Waals surface area contributed by atoms with Crippen LogP contribution in [0, 0.1) is 10.1 Å². The standard InChI is InChI=1S/C18H13N3O3/c22-18(14-5-2-1-3-6-14)20-17-8-4-7-16(19-17)13-9-11-15(12-10-13)21(23)24/h1-12H,(H,19,20,22). The van der Waals surface area contributed by atoms with Crippen LogP contribution in [0.4, 0.5) is 11.5 Å². The average Bonchev–Trinajstić information content (AvgIpc) is 2.63. The normalized spacial score (nSPS) is 10.2. The molecule has 0 atom stereocenters. The molecule has 0 bridgehead atoms. The van der Waals surface area contributed by atoms with Crippen molar-refractivity contribution in [2.24, 2.45) is 0 Å². The Morgan fingerprint density at radius 3 is 2.29 bits per heavy atom. The molecule has 1 amide bonds. The van der Waals surface area contributed by atoms with Crippen LogP contribution in [0.1, 0.15) is 10.4 Å². The maximum absolute atomic E-state index is 12.2. The molecule has 0 aliphatic heterocycles. The van der Waals surface area contributed by atoms with Crippen LogP contribution < -0.4 is 5.32 Å². The van der Waals surface area contributed by atoms with Crippen molar-refractivity contribution in [2.45, 2.75) is 0 Å². The number of rotatable bonds is 4. The Labute approximate surface area is 137 Å². The average molecular weight is 319 g/mol. The Bertz CT molecular complexity index is 878. The highest BCUT2D eigenvalue weighted by Gasteiger charge is 2.09. The summed E-state index contributed by atoms with van der Waals surface area (Å²) in [4.78, 5) is 26.8. The van der Waals surface area contributed by atoms with Gasteiger partial charge in [0, 0.05) is 23.3 Å². The number of nitro groups is 1. The van der Waals surface area contributed by atoms with Gasteiger partial charge in [-0.25, -0.2) is 4.98 Å². The largest absolute Gasteiger partial charge is 0.307 e. The Balaban J connectivity index is 1.81. The molecule has 6 nitrogen and oxygen atoms in total. The summed E-state index contributed by atoms with van der Waals surface area (Å²) in [5.74, 6) is 0.170. The molecule has 1 aromatic heterocycles. The van der Waals surface area contributed by atoms with E-state index in [4.69, 9.17) is 0 Å². The summed E-state index contributed by atoms with van der Waals surface area (Å²) in [7, 11) is 0. The number of benzene rings is 2. The Morgan fingerprint density at radius 2 is 1.62 bits per heavy atom. The van der Waals surface area contributed by atoms with E-state index in [0.717, 1.165) is 5.56 Å². The Kier molecular flexibility index (Phi) is 4.29. The molecule has 118 valence electrons. The van der Waals surface area contributed by atoms with Crippen molar-refractivity contribution in [1.29, 1.82) is 0 Å². The summed E-state index contributed by atoms with van der Waals surface area (Å²) in [6.45, 7) is 0. The lowest BCUT2D eigenvalue weighted by Crippen LogP contribution is -2.12. The molecule has 0 fully saturated rings. The Morgan fingerprint density at radius 1 is 0.917 bits per heavy atom. The van der Waals surface area contributed by atoms with Crippen molar-refractivity contribution in [1.82, 2.24) is 4.98 Å². The van der Waals surface area contributed by atoms with Crippen LogP contribution in [0.2, 0.25) is 0 Å². The van der Waals surface area contributed by atoms with E-state index in [1.807, 2.05) is 6.07 Å². The van der Waals surface area contributed by atoms with Gasteiger partial charge in [0.1, 0.15) is 5.82 Å². The van der Waals surface area contributed by atoms with E-state index in [2.05, 4.69) is 10.3 Å². The molecule has 3 aromatic rings. The monoisotopic (exact) mass is 319 g/mol. The highest BCUT2D eigenvalue weighted by Crippen LogP contribution is 2.22. The van der Waals surface area contributed by atoms with Gasteiger partial charge < -0.3 is 5.32 Å². The first-order chi connectivity index (χ1) is 11.6. The lowest BCUT2D eigenvalue weighted by molar-refractivity contribution is -0.384. The van der Waals surface area contributed by atoms with Crippen LogP contribution >= 0.6 is 0 Å². The molecule has 0 saturated heterocycles. The fraction of sp³-hybridized carbons (Fsp3) is 0. The molecule has 2 aromatic carbocycles. The van der Waals surface area contributed by atoms with Crippen molar-refractivity contribution in [2.75, 3.05) is 5.32 Å². The van der Waals surface area contributed by atoms with E-state index in [0.29, 0.717) is 17.1 Å². The number of nitrogens with zero attached hydrogens (tertiary/aromatic N) is 2. The second-order valence-electron chi connectivity index (χ2n) is 5.03. The number of carbonyl (C=O) groups is 1. The lowest BCUT2D eigenvalue weighted by atomic mass is 10.1. The van der Waals surface area contributed by atoms with E-state index < -0.39 is 4.92 Å². The predicted molar refractivity (Wildman–Crippen MR) is 90.7 cm³/mol. The van der Waals surface area contributed by atoms with Gasteiger partial charge in [-0.05, 0) is 36.4 Å². The van der Waals surface area contributed by atoms with Crippen LogP contribution in [0.25, 0.3) is 11.3 Å². The third kappa shape index (κ3) is 3.44. The van der Waals surface area contributed by atoms with Crippen molar-refractivity contribution >= 4 is 17.4 Å². The number of hydrogen-bond donors (Lipinski definition) is 1. The molecule has 1 heterocycles. The minimum atomic E-state index is -0.451. The highest BCUT2D eigenvalue weighted by atomic mass is 16.6. The smallest absolute Gasteiger partial charge is 0.269 e. The van der Waals surface area contributed by atoms with Gasteiger partial charge in [0.2, 0.25) is 0 Å². The van der Waals surface area contributed by atoms with Crippen molar-refractivity contribution in [3.63, 3.8) is 0 Å². The van der Waals surface area contributed by atoms with Crippen molar-refractivity contribution < 1.29 is 9.72 Å². The predicted octanol–water partition coefficient (Wildman–Crippen LogP) is 3.91. The van der Waals surface area contributed by atoms with Crippen LogP contribution in [0.3, 0.4) is 0 Å². The molecule has 0 aliphatic rings. The number of pyridine rings is 1. The van der Waals surface area contributed by atoms with Gasteiger partial charge in [0.25, 0.3) is 11.6 Å². The van der Waals surface area contributed by atoms with Crippen LogP contribution in [0.15, 0.2) is 72.8 Å². The number of nitro benzene ring substituents is 1. The SMILES string of the molecule is O=C(Nc1cccc(-c2ccc([N+](=O)[O-])cc2)n1)c1ccccc1. The first-order valence-electron chi connectivity index (χ1n) is 7.22. The summed E-state index contributed by atoms with van der Waals surface area (Å²) < 4.78 is 0. The molecule has 24 heavy (non-hydrogen) atoms. The van der Waals surface area contributed by atoms with Crippen molar-refractivity contribution in [3.8, 4) is 11.3 Å². The van der Waals surface area contributed by atoms with Crippen LogP contribution in [-0.2, 0) is 0 Å². The summed E-state index contributed by atoms with van der Waals surface area (Å²) in [6.07, 6.45) is 0. The van der Waals surface area contributed by atoms with E-state index in [-0.39, 0.29) is 11.6 Å². The number of non-ortho nitro benzene ring substituents is 1. The number of anilines is 1. The van der Waals surface area contributed by atoms with Crippen LogP contribution in [0.5, 0.6) is 0 Å². The van der Waals surface area contributed by atoms with Gasteiger partial charge in [-0.1, -0.05) is 24.3 Å². The van der Waals surface area contributed by atoms with Crippen LogP contribution in [-0.4, -0.2) is 15.8 Å². The lowest BCUT2D eigenvalue weighted by Gasteiger charge is -2.07. The number of aromatic nitrogens is 1. The molecule has 1 N–H and O–H groups in total. The number of carbonyl (C=O) groups excluding carboxylic acids is 1. The molecule has 6 heteroatoms. The molecule has 3 rings (SSSR count). The summed E-state index contributed by atoms with van der Waals surface area (Å²) >= 11 is 0. The highest BCUT2D eigenvalue weighted by molar-refractivity contribution is 6.03.